The van der Waals surface area contributed by atoms with Crippen LogP contribution >= 0.6 is 0 Å². The number of para-hydroxylation sites is 1. The Morgan fingerprint density at radius 3 is 2.64 bits per heavy atom. The van der Waals surface area contributed by atoms with E-state index in [1.54, 1.807) is 20.1 Å². The average molecular weight is 301 g/mol. The number of aryl methyl sites for hydroxylation is 1. The molecule has 0 aliphatic heterocycles. The Morgan fingerprint density at radius 2 is 1.95 bits per heavy atom. The number of carbonyl (C=O) groups is 1. The summed E-state index contributed by atoms with van der Waals surface area (Å²) in [7, 11) is 2.95. The molecule has 0 bridgehead atoms. The molecular weight excluding hydrogens is 282 g/mol. The molecule has 0 saturated heterocycles. The number of nitrogens with zero attached hydrogens (tertiary/aromatic N) is 2. The minimum absolute atomic E-state index is 0.0801. The number of nitrogens with one attached hydrogen (secondary N) is 1. The average Bonchev–Trinajstić information content (AvgIpc) is 2.53. The molecule has 0 unspecified atom stereocenters. The quantitative estimate of drug-likeness (QED) is 0.856. The van der Waals surface area contributed by atoms with Gasteiger partial charge in [0, 0.05) is 11.3 Å². The van der Waals surface area contributed by atoms with Crippen LogP contribution in [-0.4, -0.2) is 30.2 Å². The van der Waals surface area contributed by atoms with Crippen LogP contribution in [0.4, 0.5) is 5.95 Å². The first-order valence-electron chi connectivity index (χ1n) is 6.88. The third-order valence-corrected chi connectivity index (χ3v) is 3.20. The zero-order chi connectivity index (χ0) is 16.1. The highest BCUT2D eigenvalue weighted by Gasteiger charge is 2.15. The van der Waals surface area contributed by atoms with Gasteiger partial charge in [-0.25, -0.2) is 14.8 Å². The SMILES string of the molecule is COC(=O)c1cc(C)nc(N[C@H](C)c2ccccc2OC)n1. The van der Waals surface area contributed by atoms with Gasteiger partial charge < -0.3 is 14.8 Å². The summed E-state index contributed by atoms with van der Waals surface area (Å²) >= 11 is 0. The maximum Gasteiger partial charge on any atom is 0.356 e. The van der Waals surface area contributed by atoms with E-state index in [9.17, 15) is 4.79 Å². The standard InChI is InChI=1S/C16H19N3O3/c1-10-9-13(15(20)22-4)19-16(17-10)18-11(2)12-7-5-6-8-14(12)21-3/h5-9,11H,1-4H3,(H,17,18,19)/t11-/m1/s1. The summed E-state index contributed by atoms with van der Waals surface area (Å²) < 4.78 is 10.0. The van der Waals surface area contributed by atoms with Gasteiger partial charge in [0.15, 0.2) is 5.69 Å². The van der Waals surface area contributed by atoms with Crippen LogP contribution in [0.3, 0.4) is 0 Å². The second kappa shape index (κ2) is 6.89. The van der Waals surface area contributed by atoms with Gasteiger partial charge in [-0.1, -0.05) is 18.2 Å². The number of anilines is 1. The predicted octanol–water partition coefficient (Wildman–Crippen LogP) is 2.75. The number of aromatic nitrogens is 2. The molecule has 0 amide bonds. The first-order chi connectivity index (χ1) is 10.5. The zero-order valence-corrected chi connectivity index (χ0v) is 13.1. The number of esters is 1. The van der Waals surface area contributed by atoms with E-state index in [0.717, 1.165) is 11.3 Å². The Hall–Kier alpha value is -2.63. The number of benzene rings is 1. The molecule has 0 aliphatic carbocycles. The first-order valence-corrected chi connectivity index (χ1v) is 6.88. The van der Waals surface area contributed by atoms with Crippen molar-refractivity contribution in [2.45, 2.75) is 19.9 Å². The maximum absolute atomic E-state index is 11.6. The topological polar surface area (TPSA) is 73.3 Å². The third-order valence-electron chi connectivity index (χ3n) is 3.20. The number of hydrogen-bond acceptors (Lipinski definition) is 6. The van der Waals surface area contributed by atoms with Crippen LogP contribution in [0.25, 0.3) is 0 Å². The van der Waals surface area contributed by atoms with E-state index in [-0.39, 0.29) is 11.7 Å². The van der Waals surface area contributed by atoms with Crippen molar-refractivity contribution >= 4 is 11.9 Å². The Labute approximate surface area is 129 Å². The van der Waals surface area contributed by atoms with Crippen LogP contribution in [0.1, 0.15) is 34.7 Å². The molecule has 1 heterocycles. The fourth-order valence-corrected chi connectivity index (χ4v) is 2.14. The number of hydrogen-bond donors (Lipinski definition) is 1. The zero-order valence-electron chi connectivity index (χ0n) is 13.1. The number of carbonyl (C=O) groups excluding carboxylic acids is 1. The van der Waals surface area contributed by atoms with E-state index >= 15 is 0 Å². The lowest BCUT2D eigenvalue weighted by atomic mass is 10.1. The molecule has 6 nitrogen and oxygen atoms in total. The summed E-state index contributed by atoms with van der Waals surface area (Å²) in [6, 6.07) is 9.21. The lowest BCUT2D eigenvalue weighted by Crippen LogP contribution is -2.14. The van der Waals surface area contributed by atoms with Crippen molar-refractivity contribution < 1.29 is 14.3 Å². The molecule has 1 aromatic heterocycles. The van der Waals surface area contributed by atoms with E-state index in [0.29, 0.717) is 11.6 Å². The first kappa shape index (κ1) is 15.8. The lowest BCUT2D eigenvalue weighted by molar-refractivity contribution is 0.0594. The molecule has 0 saturated carbocycles. The molecule has 1 N–H and O–H groups in total. The van der Waals surface area contributed by atoms with Crippen LogP contribution in [-0.2, 0) is 4.74 Å². The van der Waals surface area contributed by atoms with Crippen molar-refractivity contribution in [1.82, 2.24) is 9.97 Å². The van der Waals surface area contributed by atoms with Gasteiger partial charge in [-0.3, -0.25) is 0 Å². The third kappa shape index (κ3) is 3.52. The van der Waals surface area contributed by atoms with Crippen LogP contribution in [0, 0.1) is 6.92 Å². The molecular formula is C16H19N3O3. The highest BCUT2D eigenvalue weighted by molar-refractivity contribution is 5.87. The molecule has 2 aromatic rings. The molecule has 2 rings (SSSR count). The highest BCUT2D eigenvalue weighted by Crippen LogP contribution is 2.26. The second-order valence-corrected chi connectivity index (χ2v) is 4.82. The second-order valence-electron chi connectivity index (χ2n) is 4.82. The molecule has 1 atom stereocenters. The largest absolute Gasteiger partial charge is 0.496 e. The van der Waals surface area contributed by atoms with Gasteiger partial charge in [0.05, 0.1) is 20.3 Å². The van der Waals surface area contributed by atoms with Gasteiger partial charge in [0.1, 0.15) is 5.75 Å². The lowest BCUT2D eigenvalue weighted by Gasteiger charge is -2.17. The summed E-state index contributed by atoms with van der Waals surface area (Å²) in [4.78, 5) is 20.1. The number of ether oxygens (including phenoxy) is 2. The molecule has 0 radical (unpaired) electrons. The summed E-state index contributed by atoms with van der Waals surface area (Å²) in [5, 5.41) is 3.18. The van der Waals surface area contributed by atoms with Crippen LogP contribution in [0.15, 0.2) is 30.3 Å². The van der Waals surface area contributed by atoms with Crippen molar-refractivity contribution in [2.24, 2.45) is 0 Å². The molecule has 0 spiro atoms. The van der Waals surface area contributed by atoms with E-state index < -0.39 is 5.97 Å². The van der Waals surface area contributed by atoms with E-state index in [1.165, 1.54) is 7.11 Å². The molecule has 116 valence electrons. The van der Waals surface area contributed by atoms with Crippen LogP contribution in [0.2, 0.25) is 0 Å². The Bertz CT molecular complexity index is 673. The van der Waals surface area contributed by atoms with Crippen molar-refractivity contribution in [1.29, 1.82) is 0 Å². The molecule has 22 heavy (non-hydrogen) atoms. The fraction of sp³-hybridized carbons (Fsp3) is 0.312. The van der Waals surface area contributed by atoms with Crippen molar-refractivity contribution in [2.75, 3.05) is 19.5 Å². The predicted molar refractivity (Wildman–Crippen MR) is 83.1 cm³/mol. The van der Waals surface area contributed by atoms with Gasteiger partial charge in [-0.05, 0) is 26.0 Å². The van der Waals surface area contributed by atoms with Crippen molar-refractivity contribution in [3.8, 4) is 5.75 Å². The summed E-state index contributed by atoms with van der Waals surface area (Å²) in [5.74, 6) is 0.667. The number of methoxy groups -OCH3 is 2. The molecule has 1 aromatic carbocycles. The summed E-state index contributed by atoms with van der Waals surface area (Å²) in [6.07, 6.45) is 0. The Kier molecular flexibility index (Phi) is 4.93. The normalized spacial score (nSPS) is 11.6. The Balaban J connectivity index is 2.26. The monoisotopic (exact) mass is 301 g/mol. The summed E-state index contributed by atoms with van der Waals surface area (Å²) in [5.41, 5.74) is 1.89. The Morgan fingerprint density at radius 1 is 1.23 bits per heavy atom. The molecule has 0 fully saturated rings. The minimum atomic E-state index is -0.488. The van der Waals surface area contributed by atoms with Crippen molar-refractivity contribution in [3.05, 3.63) is 47.3 Å². The van der Waals surface area contributed by atoms with Gasteiger partial charge in [0.2, 0.25) is 5.95 Å². The van der Waals surface area contributed by atoms with E-state index in [4.69, 9.17) is 9.47 Å². The number of rotatable bonds is 5. The minimum Gasteiger partial charge on any atom is -0.496 e. The van der Waals surface area contributed by atoms with Crippen molar-refractivity contribution in [3.63, 3.8) is 0 Å². The smallest absolute Gasteiger partial charge is 0.356 e. The van der Waals surface area contributed by atoms with Gasteiger partial charge >= 0.3 is 5.97 Å². The van der Waals surface area contributed by atoms with Gasteiger partial charge in [-0.2, -0.15) is 0 Å². The van der Waals surface area contributed by atoms with Crippen LogP contribution < -0.4 is 10.1 Å². The van der Waals surface area contributed by atoms with E-state index in [1.807, 2.05) is 31.2 Å². The molecule has 6 heteroatoms. The highest BCUT2D eigenvalue weighted by atomic mass is 16.5. The van der Waals surface area contributed by atoms with Gasteiger partial charge in [-0.15, -0.1) is 0 Å². The van der Waals surface area contributed by atoms with Crippen LogP contribution in [0.5, 0.6) is 5.75 Å². The fourth-order valence-electron chi connectivity index (χ4n) is 2.14. The molecule has 0 aliphatic rings. The maximum atomic E-state index is 11.6. The van der Waals surface area contributed by atoms with E-state index in [2.05, 4.69) is 15.3 Å². The van der Waals surface area contributed by atoms with Gasteiger partial charge in [0.25, 0.3) is 0 Å². The summed E-state index contributed by atoms with van der Waals surface area (Å²) in [6.45, 7) is 3.77.